The number of carbonyl (C=O) groups excluding carboxylic acids is 1. The van der Waals surface area contributed by atoms with Crippen molar-refractivity contribution in [2.45, 2.75) is 44.9 Å². The lowest BCUT2D eigenvalue weighted by molar-refractivity contribution is -0.120. The third kappa shape index (κ3) is 1.30. The molecule has 2 aliphatic carbocycles. The van der Waals surface area contributed by atoms with E-state index in [9.17, 15) is 4.79 Å². The van der Waals surface area contributed by atoms with E-state index in [1.807, 2.05) is 0 Å². The molecule has 0 aromatic heterocycles. The standard InChI is InChI=1S/C10H15NO/c11-8-5-9(12)7-10(6-8)3-1-2-4-10/h11H,1-7H2. The third-order valence-corrected chi connectivity index (χ3v) is 3.24. The van der Waals surface area contributed by atoms with E-state index < -0.39 is 0 Å². The van der Waals surface area contributed by atoms with Crippen LogP contribution in [-0.4, -0.2) is 11.5 Å². The second kappa shape index (κ2) is 2.68. The number of nitrogens with one attached hydrogen (secondary N) is 1. The molecule has 0 bridgehead atoms. The minimum Gasteiger partial charge on any atom is -0.309 e. The van der Waals surface area contributed by atoms with Gasteiger partial charge >= 0.3 is 0 Å². The fourth-order valence-corrected chi connectivity index (χ4v) is 2.77. The van der Waals surface area contributed by atoms with Crippen molar-refractivity contribution >= 4 is 11.5 Å². The summed E-state index contributed by atoms with van der Waals surface area (Å²) in [5.41, 5.74) is 0.917. The quantitative estimate of drug-likeness (QED) is 0.588. The first-order valence-electron chi connectivity index (χ1n) is 4.78. The topological polar surface area (TPSA) is 40.9 Å². The van der Waals surface area contributed by atoms with E-state index in [-0.39, 0.29) is 5.41 Å². The normalized spacial score (nSPS) is 28.3. The first kappa shape index (κ1) is 7.96. The summed E-state index contributed by atoms with van der Waals surface area (Å²) >= 11 is 0. The van der Waals surface area contributed by atoms with Gasteiger partial charge < -0.3 is 5.41 Å². The summed E-state index contributed by atoms with van der Waals surface area (Å²) in [6, 6.07) is 0. The molecular formula is C10H15NO. The molecule has 0 heterocycles. The summed E-state index contributed by atoms with van der Waals surface area (Å²) in [5.74, 6) is 0.299. The predicted molar refractivity (Wildman–Crippen MR) is 47.5 cm³/mol. The van der Waals surface area contributed by atoms with Crippen molar-refractivity contribution in [2.75, 3.05) is 0 Å². The Balaban J connectivity index is 2.14. The maximum atomic E-state index is 11.3. The molecule has 12 heavy (non-hydrogen) atoms. The highest BCUT2D eigenvalue weighted by atomic mass is 16.1. The summed E-state index contributed by atoms with van der Waals surface area (Å²) in [7, 11) is 0. The molecule has 0 unspecified atom stereocenters. The predicted octanol–water partition coefficient (Wildman–Crippen LogP) is 2.32. The van der Waals surface area contributed by atoms with Gasteiger partial charge in [-0.05, 0) is 24.7 Å². The Labute approximate surface area is 72.9 Å². The second-order valence-electron chi connectivity index (χ2n) is 4.38. The van der Waals surface area contributed by atoms with Crippen LogP contribution in [0.15, 0.2) is 0 Å². The Morgan fingerprint density at radius 3 is 2.42 bits per heavy atom. The molecule has 0 aliphatic heterocycles. The van der Waals surface area contributed by atoms with Crippen molar-refractivity contribution < 1.29 is 4.79 Å². The first-order valence-corrected chi connectivity index (χ1v) is 4.78. The summed E-state index contributed by atoms with van der Waals surface area (Å²) in [4.78, 5) is 11.3. The number of rotatable bonds is 0. The van der Waals surface area contributed by atoms with Crippen molar-refractivity contribution in [3.05, 3.63) is 0 Å². The Kier molecular flexibility index (Phi) is 1.78. The van der Waals surface area contributed by atoms with E-state index in [1.165, 1.54) is 25.7 Å². The highest BCUT2D eigenvalue weighted by Gasteiger charge is 2.39. The summed E-state index contributed by atoms with van der Waals surface area (Å²) < 4.78 is 0. The molecular weight excluding hydrogens is 150 g/mol. The van der Waals surface area contributed by atoms with Crippen molar-refractivity contribution in [1.29, 1.82) is 5.41 Å². The molecule has 66 valence electrons. The molecule has 2 saturated carbocycles. The molecule has 2 heteroatoms. The van der Waals surface area contributed by atoms with Gasteiger partial charge in [-0.2, -0.15) is 0 Å². The molecule has 2 nitrogen and oxygen atoms in total. The monoisotopic (exact) mass is 165 g/mol. The Bertz CT molecular complexity index is 208. The van der Waals surface area contributed by atoms with Crippen molar-refractivity contribution in [2.24, 2.45) is 5.41 Å². The molecule has 0 aromatic carbocycles. The fourth-order valence-electron chi connectivity index (χ4n) is 2.77. The fraction of sp³-hybridized carbons (Fsp3) is 0.800. The average Bonchev–Trinajstić information content (AvgIpc) is 2.33. The van der Waals surface area contributed by atoms with Gasteiger partial charge in [0.05, 0.1) is 0 Å². The van der Waals surface area contributed by atoms with E-state index in [0.717, 1.165) is 12.8 Å². The van der Waals surface area contributed by atoms with Gasteiger partial charge in [-0.15, -0.1) is 0 Å². The van der Waals surface area contributed by atoms with E-state index in [0.29, 0.717) is 17.9 Å². The van der Waals surface area contributed by atoms with Gasteiger partial charge in [0.25, 0.3) is 0 Å². The van der Waals surface area contributed by atoms with Crippen LogP contribution in [0.5, 0.6) is 0 Å². The van der Waals surface area contributed by atoms with Crippen molar-refractivity contribution in [3.8, 4) is 0 Å². The van der Waals surface area contributed by atoms with Gasteiger partial charge in [-0.25, -0.2) is 0 Å². The smallest absolute Gasteiger partial charge is 0.139 e. The summed E-state index contributed by atoms with van der Waals surface area (Å²) in [5, 5.41) is 7.59. The Hall–Kier alpha value is -0.660. The largest absolute Gasteiger partial charge is 0.309 e. The van der Waals surface area contributed by atoms with Crippen LogP contribution >= 0.6 is 0 Å². The summed E-state index contributed by atoms with van der Waals surface area (Å²) in [6.07, 6.45) is 6.99. The van der Waals surface area contributed by atoms with Gasteiger partial charge in [0.1, 0.15) is 5.78 Å². The lowest BCUT2D eigenvalue weighted by Crippen LogP contribution is -2.31. The van der Waals surface area contributed by atoms with Crippen LogP contribution in [0.1, 0.15) is 44.9 Å². The van der Waals surface area contributed by atoms with Gasteiger partial charge in [0, 0.05) is 18.6 Å². The van der Waals surface area contributed by atoms with E-state index in [1.54, 1.807) is 0 Å². The van der Waals surface area contributed by atoms with Gasteiger partial charge in [0.15, 0.2) is 0 Å². The second-order valence-corrected chi connectivity index (χ2v) is 4.38. The highest BCUT2D eigenvalue weighted by Crippen LogP contribution is 2.46. The zero-order chi connectivity index (χ0) is 8.60. The van der Waals surface area contributed by atoms with Crippen LogP contribution in [-0.2, 0) is 4.79 Å². The van der Waals surface area contributed by atoms with Crippen LogP contribution in [0, 0.1) is 10.8 Å². The van der Waals surface area contributed by atoms with Gasteiger partial charge in [-0.1, -0.05) is 12.8 Å². The van der Waals surface area contributed by atoms with Crippen LogP contribution in [0.25, 0.3) is 0 Å². The highest BCUT2D eigenvalue weighted by molar-refractivity contribution is 6.03. The van der Waals surface area contributed by atoms with Crippen LogP contribution in [0.3, 0.4) is 0 Å². The van der Waals surface area contributed by atoms with Gasteiger partial charge in [0.2, 0.25) is 0 Å². The molecule has 0 amide bonds. The molecule has 1 N–H and O–H groups in total. The van der Waals surface area contributed by atoms with E-state index >= 15 is 0 Å². The zero-order valence-electron chi connectivity index (χ0n) is 7.36. The zero-order valence-corrected chi connectivity index (χ0v) is 7.36. The molecule has 0 aromatic rings. The lowest BCUT2D eigenvalue weighted by Gasteiger charge is -2.32. The molecule has 0 atom stereocenters. The van der Waals surface area contributed by atoms with Crippen LogP contribution < -0.4 is 0 Å². The lowest BCUT2D eigenvalue weighted by atomic mass is 9.71. The molecule has 2 rings (SSSR count). The summed E-state index contributed by atoms with van der Waals surface area (Å²) in [6.45, 7) is 0. The van der Waals surface area contributed by atoms with Gasteiger partial charge in [-0.3, -0.25) is 4.79 Å². The maximum absolute atomic E-state index is 11.3. The minimum atomic E-state index is 0.242. The molecule has 2 fully saturated rings. The molecule has 2 aliphatic rings. The number of hydrogen-bond acceptors (Lipinski definition) is 2. The Morgan fingerprint density at radius 1 is 1.17 bits per heavy atom. The van der Waals surface area contributed by atoms with Crippen molar-refractivity contribution in [1.82, 2.24) is 0 Å². The SMILES string of the molecule is N=C1CC(=O)CC2(CCCC2)C1. The molecule has 0 saturated heterocycles. The van der Waals surface area contributed by atoms with Crippen molar-refractivity contribution in [3.63, 3.8) is 0 Å². The molecule has 0 radical (unpaired) electrons. The number of hydrogen-bond donors (Lipinski definition) is 1. The average molecular weight is 165 g/mol. The van der Waals surface area contributed by atoms with Crippen LogP contribution in [0.4, 0.5) is 0 Å². The third-order valence-electron chi connectivity index (χ3n) is 3.24. The Morgan fingerprint density at radius 2 is 1.83 bits per heavy atom. The minimum absolute atomic E-state index is 0.242. The maximum Gasteiger partial charge on any atom is 0.139 e. The number of ketones is 1. The number of Topliss-reactive ketones (excluding diaryl/α,β-unsaturated/α-hetero) is 1. The molecule has 1 spiro atoms. The van der Waals surface area contributed by atoms with E-state index in [2.05, 4.69) is 0 Å². The van der Waals surface area contributed by atoms with E-state index in [4.69, 9.17) is 5.41 Å². The number of carbonyl (C=O) groups is 1. The first-order chi connectivity index (χ1) is 5.70. The van der Waals surface area contributed by atoms with Crippen LogP contribution in [0.2, 0.25) is 0 Å².